The summed E-state index contributed by atoms with van der Waals surface area (Å²) in [7, 11) is 0. The number of carbonyl (C=O) groups is 1. The summed E-state index contributed by atoms with van der Waals surface area (Å²) >= 11 is 7.93. The number of nitrogens with zero attached hydrogens (tertiary/aromatic N) is 1. The molecule has 1 aliphatic rings. The molecule has 110 valence electrons. The van der Waals surface area contributed by atoms with Crippen LogP contribution in [0.4, 0.5) is 5.69 Å². The standard InChI is InChI=1S/C15H21ClN2OS/c1-11(2)9-17-15(19)10-18-6-3-7-20-14-5-4-12(16)8-13(14)18/h4-5,8,11H,3,6-7,9-10H2,1-2H3,(H,17,19). The Morgan fingerprint density at radius 3 is 3.05 bits per heavy atom. The van der Waals surface area contributed by atoms with Crippen LogP contribution < -0.4 is 10.2 Å². The minimum absolute atomic E-state index is 0.0801. The Hall–Kier alpha value is -0.870. The van der Waals surface area contributed by atoms with Crippen molar-refractivity contribution >= 4 is 35.0 Å². The fourth-order valence-electron chi connectivity index (χ4n) is 2.13. The molecule has 0 aromatic heterocycles. The average Bonchev–Trinajstić information content (AvgIpc) is 2.59. The van der Waals surface area contributed by atoms with E-state index in [2.05, 4.69) is 24.1 Å². The Balaban J connectivity index is 2.08. The van der Waals surface area contributed by atoms with Crippen molar-refractivity contribution in [2.45, 2.75) is 25.2 Å². The van der Waals surface area contributed by atoms with E-state index in [4.69, 9.17) is 11.6 Å². The van der Waals surface area contributed by atoms with Crippen LogP contribution in [0.15, 0.2) is 23.1 Å². The molecule has 0 spiro atoms. The van der Waals surface area contributed by atoms with E-state index in [1.807, 2.05) is 30.0 Å². The lowest BCUT2D eigenvalue weighted by molar-refractivity contribution is -0.119. The number of hydrogen-bond acceptors (Lipinski definition) is 3. The molecule has 1 aromatic rings. The van der Waals surface area contributed by atoms with Gasteiger partial charge in [-0.2, -0.15) is 0 Å². The molecule has 1 aliphatic heterocycles. The van der Waals surface area contributed by atoms with Gasteiger partial charge in [-0.05, 0) is 36.3 Å². The number of carbonyl (C=O) groups excluding carboxylic acids is 1. The summed E-state index contributed by atoms with van der Waals surface area (Å²) in [5.41, 5.74) is 1.08. The van der Waals surface area contributed by atoms with Crippen molar-refractivity contribution in [1.82, 2.24) is 5.32 Å². The molecule has 0 radical (unpaired) electrons. The predicted octanol–water partition coefficient (Wildman–Crippen LogP) is 3.41. The highest BCUT2D eigenvalue weighted by molar-refractivity contribution is 7.99. The first-order chi connectivity index (χ1) is 9.56. The number of thioether (sulfide) groups is 1. The van der Waals surface area contributed by atoms with Gasteiger partial charge in [-0.1, -0.05) is 25.4 Å². The zero-order valence-electron chi connectivity index (χ0n) is 12.0. The van der Waals surface area contributed by atoms with Crippen molar-refractivity contribution in [3.63, 3.8) is 0 Å². The smallest absolute Gasteiger partial charge is 0.239 e. The van der Waals surface area contributed by atoms with E-state index in [0.717, 1.165) is 36.0 Å². The first-order valence-corrected chi connectivity index (χ1v) is 8.36. The molecular formula is C15H21ClN2OS. The molecule has 0 aliphatic carbocycles. The van der Waals surface area contributed by atoms with Gasteiger partial charge in [-0.25, -0.2) is 0 Å². The average molecular weight is 313 g/mol. The topological polar surface area (TPSA) is 32.3 Å². The van der Waals surface area contributed by atoms with Gasteiger partial charge in [0.05, 0.1) is 12.2 Å². The molecule has 0 bridgehead atoms. The SMILES string of the molecule is CC(C)CNC(=O)CN1CCCSc2ccc(Cl)cc21. The van der Waals surface area contributed by atoms with Crippen molar-refractivity contribution in [1.29, 1.82) is 0 Å². The summed E-state index contributed by atoms with van der Waals surface area (Å²) in [5.74, 6) is 1.63. The Morgan fingerprint density at radius 1 is 1.50 bits per heavy atom. The van der Waals surface area contributed by atoms with Gasteiger partial charge in [0, 0.05) is 23.0 Å². The van der Waals surface area contributed by atoms with Crippen LogP contribution >= 0.6 is 23.4 Å². The third-order valence-electron chi connectivity index (χ3n) is 3.13. The zero-order valence-corrected chi connectivity index (χ0v) is 13.6. The maximum Gasteiger partial charge on any atom is 0.239 e. The van der Waals surface area contributed by atoms with E-state index in [-0.39, 0.29) is 5.91 Å². The quantitative estimate of drug-likeness (QED) is 0.924. The monoisotopic (exact) mass is 312 g/mol. The molecule has 0 unspecified atom stereocenters. The number of nitrogens with one attached hydrogen (secondary N) is 1. The third kappa shape index (κ3) is 4.32. The summed E-state index contributed by atoms with van der Waals surface area (Å²) in [4.78, 5) is 15.4. The third-order valence-corrected chi connectivity index (χ3v) is 4.52. The highest BCUT2D eigenvalue weighted by atomic mass is 35.5. The second kappa shape index (κ2) is 7.23. The second-order valence-corrected chi connectivity index (χ2v) is 7.01. The molecule has 0 atom stereocenters. The Morgan fingerprint density at radius 2 is 2.30 bits per heavy atom. The summed E-state index contributed by atoms with van der Waals surface area (Å²) in [5, 5.41) is 3.70. The number of benzene rings is 1. The van der Waals surface area contributed by atoms with Crippen molar-refractivity contribution in [3.05, 3.63) is 23.2 Å². The molecule has 20 heavy (non-hydrogen) atoms. The molecule has 1 amide bonds. The number of fused-ring (bicyclic) bond motifs is 1. The number of amides is 1. The van der Waals surface area contributed by atoms with E-state index < -0.39 is 0 Å². The van der Waals surface area contributed by atoms with Gasteiger partial charge in [0.2, 0.25) is 5.91 Å². The predicted molar refractivity (Wildman–Crippen MR) is 86.9 cm³/mol. The maximum absolute atomic E-state index is 12.0. The molecule has 0 saturated carbocycles. The summed E-state index contributed by atoms with van der Waals surface area (Å²) in [6.45, 7) is 6.22. The van der Waals surface area contributed by atoms with Gasteiger partial charge in [0.15, 0.2) is 0 Å². The van der Waals surface area contributed by atoms with Crippen molar-refractivity contribution in [3.8, 4) is 0 Å². The van der Waals surface area contributed by atoms with Crippen molar-refractivity contribution < 1.29 is 4.79 Å². The van der Waals surface area contributed by atoms with Gasteiger partial charge >= 0.3 is 0 Å². The van der Waals surface area contributed by atoms with Gasteiger partial charge in [0.25, 0.3) is 0 Å². The van der Waals surface area contributed by atoms with E-state index >= 15 is 0 Å². The lowest BCUT2D eigenvalue weighted by Gasteiger charge is -2.24. The van der Waals surface area contributed by atoms with E-state index in [1.54, 1.807) is 0 Å². The molecule has 1 aromatic carbocycles. The minimum Gasteiger partial charge on any atom is -0.361 e. The van der Waals surface area contributed by atoms with Gasteiger partial charge in [-0.3, -0.25) is 4.79 Å². The highest BCUT2D eigenvalue weighted by Crippen LogP contribution is 2.35. The first-order valence-electron chi connectivity index (χ1n) is 7.00. The molecule has 5 heteroatoms. The van der Waals surface area contributed by atoms with Crippen LogP contribution in [-0.2, 0) is 4.79 Å². The molecule has 3 nitrogen and oxygen atoms in total. The number of halogens is 1. The summed E-state index contributed by atoms with van der Waals surface area (Å²) in [6.07, 6.45) is 1.08. The number of rotatable bonds is 4. The minimum atomic E-state index is 0.0801. The number of anilines is 1. The Kier molecular flexibility index (Phi) is 5.61. The molecule has 0 fully saturated rings. The van der Waals surface area contributed by atoms with E-state index in [0.29, 0.717) is 12.5 Å². The van der Waals surface area contributed by atoms with Crippen LogP contribution in [0.5, 0.6) is 0 Å². The van der Waals surface area contributed by atoms with Gasteiger partial charge < -0.3 is 10.2 Å². The zero-order chi connectivity index (χ0) is 14.5. The van der Waals surface area contributed by atoms with Crippen LogP contribution in [0.25, 0.3) is 0 Å². The van der Waals surface area contributed by atoms with Crippen molar-refractivity contribution in [2.75, 3.05) is 30.3 Å². The van der Waals surface area contributed by atoms with E-state index in [1.165, 1.54) is 4.90 Å². The molecule has 2 rings (SSSR count). The molecule has 0 saturated heterocycles. The Bertz CT molecular complexity index is 479. The maximum atomic E-state index is 12.0. The van der Waals surface area contributed by atoms with Gasteiger partial charge in [0.1, 0.15) is 0 Å². The fraction of sp³-hybridized carbons (Fsp3) is 0.533. The van der Waals surface area contributed by atoms with Crippen LogP contribution in [0, 0.1) is 5.92 Å². The number of hydrogen-bond donors (Lipinski definition) is 1. The molecule has 1 N–H and O–H groups in total. The fourth-order valence-corrected chi connectivity index (χ4v) is 3.29. The summed E-state index contributed by atoms with van der Waals surface area (Å²) in [6, 6.07) is 5.92. The first kappa shape index (κ1) is 15.5. The molecular weight excluding hydrogens is 292 g/mol. The Labute approximate surface area is 130 Å². The van der Waals surface area contributed by atoms with Crippen LogP contribution in [0.2, 0.25) is 5.02 Å². The van der Waals surface area contributed by atoms with Crippen molar-refractivity contribution in [2.24, 2.45) is 5.92 Å². The van der Waals surface area contributed by atoms with Crippen LogP contribution in [-0.4, -0.2) is 31.3 Å². The second-order valence-electron chi connectivity index (χ2n) is 5.43. The lowest BCUT2D eigenvalue weighted by atomic mass is 10.2. The van der Waals surface area contributed by atoms with Gasteiger partial charge in [-0.15, -0.1) is 11.8 Å². The summed E-state index contributed by atoms with van der Waals surface area (Å²) < 4.78 is 0. The largest absolute Gasteiger partial charge is 0.361 e. The molecule has 1 heterocycles. The highest BCUT2D eigenvalue weighted by Gasteiger charge is 2.18. The lowest BCUT2D eigenvalue weighted by Crippen LogP contribution is -2.39. The normalized spacial score (nSPS) is 14.9. The van der Waals surface area contributed by atoms with E-state index in [9.17, 15) is 4.79 Å². The van der Waals surface area contributed by atoms with Crippen LogP contribution in [0.1, 0.15) is 20.3 Å². The van der Waals surface area contributed by atoms with Crippen LogP contribution in [0.3, 0.4) is 0 Å².